The highest BCUT2D eigenvalue weighted by Gasteiger charge is 2.54. The van der Waals surface area contributed by atoms with Crippen LogP contribution in [0.25, 0.3) is 0 Å². The number of nitrogens with zero attached hydrogens (tertiary/aromatic N) is 3. The molecule has 4 rings (SSSR count). The minimum absolute atomic E-state index is 0.197. The maximum atomic E-state index is 11.4. The summed E-state index contributed by atoms with van der Waals surface area (Å²) in [5.74, 6) is 0. The van der Waals surface area contributed by atoms with Gasteiger partial charge in [-0.25, -0.2) is 4.79 Å². The van der Waals surface area contributed by atoms with E-state index in [4.69, 9.17) is 0 Å². The van der Waals surface area contributed by atoms with E-state index in [1.54, 1.807) is 4.90 Å². The molecule has 1 N–H and O–H groups in total. The molecule has 5 heteroatoms. The van der Waals surface area contributed by atoms with Crippen LogP contribution in [0.1, 0.15) is 57.4 Å². The van der Waals surface area contributed by atoms with Crippen molar-refractivity contribution in [1.82, 2.24) is 9.80 Å². The lowest BCUT2D eigenvalue weighted by molar-refractivity contribution is -0.0991. The second-order valence-corrected chi connectivity index (χ2v) is 9.02. The van der Waals surface area contributed by atoms with Crippen molar-refractivity contribution in [2.24, 2.45) is 5.41 Å². The molecule has 1 unspecified atom stereocenters. The van der Waals surface area contributed by atoms with Gasteiger partial charge in [0.15, 0.2) is 0 Å². The topological polar surface area (TPSA) is 67.6 Å². The van der Waals surface area contributed by atoms with Crippen molar-refractivity contribution in [3.63, 3.8) is 0 Å². The average Bonchev–Trinajstić information content (AvgIpc) is 2.73. The Morgan fingerprint density at radius 1 is 1.18 bits per heavy atom. The molecule has 150 valence electrons. The molecule has 5 nitrogen and oxygen atoms in total. The summed E-state index contributed by atoms with van der Waals surface area (Å²) in [5.41, 5.74) is 1.05. The minimum atomic E-state index is -0.763. The lowest BCUT2D eigenvalue weighted by Crippen LogP contribution is -2.68. The highest BCUT2D eigenvalue weighted by molar-refractivity contribution is 5.67. The fourth-order valence-corrected chi connectivity index (χ4v) is 6.14. The molecular weight excluding hydrogens is 350 g/mol. The lowest BCUT2D eigenvalue weighted by atomic mass is 9.64. The standard InChI is InChI=1S/C23H31N3O2/c1-2-20-23(17-26(20)21(27)28)12-14-25(15-13-23)19-8-10-22(16-24,11-9-19)18-6-4-3-5-7-18/h3-7,19-20H,2,8-15,17H2,1H3,(H,27,28). The molecule has 1 spiro atoms. The minimum Gasteiger partial charge on any atom is -0.465 e. The van der Waals surface area contributed by atoms with Gasteiger partial charge in [-0.15, -0.1) is 0 Å². The molecule has 0 aromatic heterocycles. The summed E-state index contributed by atoms with van der Waals surface area (Å²) in [6.45, 7) is 4.96. The third-order valence-corrected chi connectivity index (χ3v) is 7.86. The van der Waals surface area contributed by atoms with E-state index in [1.807, 2.05) is 18.2 Å². The number of hydrogen-bond donors (Lipinski definition) is 1. The first-order valence-electron chi connectivity index (χ1n) is 10.7. The van der Waals surface area contributed by atoms with E-state index in [2.05, 4.69) is 30.0 Å². The first-order valence-corrected chi connectivity index (χ1v) is 10.7. The van der Waals surface area contributed by atoms with Crippen LogP contribution >= 0.6 is 0 Å². The Kier molecular flexibility index (Phi) is 5.09. The molecule has 28 heavy (non-hydrogen) atoms. The second-order valence-electron chi connectivity index (χ2n) is 9.02. The molecule has 1 aliphatic carbocycles. The van der Waals surface area contributed by atoms with Crippen molar-refractivity contribution < 1.29 is 9.90 Å². The summed E-state index contributed by atoms with van der Waals surface area (Å²) in [6, 6.07) is 13.7. The monoisotopic (exact) mass is 381 g/mol. The van der Waals surface area contributed by atoms with Gasteiger partial charge in [-0.1, -0.05) is 37.3 Å². The zero-order valence-electron chi connectivity index (χ0n) is 16.8. The normalized spacial score (nSPS) is 32.5. The fourth-order valence-electron chi connectivity index (χ4n) is 6.14. The molecule has 1 aromatic carbocycles. The molecule has 1 amide bonds. The summed E-state index contributed by atoms with van der Waals surface area (Å²) in [7, 11) is 0. The van der Waals surface area contributed by atoms with Crippen LogP contribution in [0.3, 0.4) is 0 Å². The van der Waals surface area contributed by atoms with E-state index < -0.39 is 6.09 Å². The molecule has 2 saturated heterocycles. The number of carbonyl (C=O) groups is 1. The zero-order valence-corrected chi connectivity index (χ0v) is 16.8. The summed E-state index contributed by atoms with van der Waals surface area (Å²) >= 11 is 0. The number of likely N-dealkylation sites (tertiary alicyclic amines) is 2. The Balaban J connectivity index is 1.35. The van der Waals surface area contributed by atoms with Crippen LogP contribution in [0, 0.1) is 16.7 Å². The second kappa shape index (κ2) is 7.40. The maximum Gasteiger partial charge on any atom is 0.407 e. The summed E-state index contributed by atoms with van der Waals surface area (Å²) in [5, 5.41) is 19.3. The van der Waals surface area contributed by atoms with Crippen LogP contribution in [0.5, 0.6) is 0 Å². The van der Waals surface area contributed by atoms with Crippen molar-refractivity contribution in [3.05, 3.63) is 35.9 Å². The molecule has 1 atom stereocenters. The Labute approximate surface area is 167 Å². The lowest BCUT2D eigenvalue weighted by Gasteiger charge is -2.60. The van der Waals surface area contributed by atoms with E-state index in [-0.39, 0.29) is 16.9 Å². The number of hydrogen-bond acceptors (Lipinski definition) is 3. The highest BCUT2D eigenvalue weighted by Crippen LogP contribution is 2.49. The largest absolute Gasteiger partial charge is 0.465 e. The molecule has 2 heterocycles. The number of piperidine rings is 1. The third kappa shape index (κ3) is 3.08. The van der Waals surface area contributed by atoms with Gasteiger partial charge in [-0.05, 0) is 63.6 Å². The van der Waals surface area contributed by atoms with Gasteiger partial charge in [0.1, 0.15) is 0 Å². The van der Waals surface area contributed by atoms with Crippen LogP contribution < -0.4 is 0 Å². The van der Waals surface area contributed by atoms with E-state index in [1.165, 1.54) is 5.56 Å². The first kappa shape index (κ1) is 19.3. The van der Waals surface area contributed by atoms with Crippen LogP contribution in [0.15, 0.2) is 30.3 Å². The number of amides is 1. The molecular formula is C23H31N3O2. The van der Waals surface area contributed by atoms with Crippen molar-refractivity contribution in [2.45, 2.75) is 69.4 Å². The Morgan fingerprint density at radius 2 is 1.82 bits per heavy atom. The SMILES string of the molecule is CCC1N(C(=O)O)CC12CCN(C1CCC(C#N)(c3ccccc3)CC1)CC2. The first-order chi connectivity index (χ1) is 13.5. The molecule has 3 aliphatic rings. The number of benzene rings is 1. The van der Waals surface area contributed by atoms with E-state index in [0.29, 0.717) is 12.6 Å². The van der Waals surface area contributed by atoms with E-state index in [0.717, 1.165) is 58.0 Å². The number of nitriles is 1. The fraction of sp³-hybridized carbons (Fsp3) is 0.652. The smallest absolute Gasteiger partial charge is 0.407 e. The van der Waals surface area contributed by atoms with Crippen molar-refractivity contribution in [2.75, 3.05) is 19.6 Å². The van der Waals surface area contributed by atoms with Gasteiger partial charge in [0.2, 0.25) is 0 Å². The van der Waals surface area contributed by atoms with E-state index in [9.17, 15) is 15.2 Å². The van der Waals surface area contributed by atoms with Crippen LogP contribution in [-0.4, -0.2) is 52.7 Å². The number of carboxylic acid groups (broad SMARTS) is 1. The highest BCUT2D eigenvalue weighted by atomic mass is 16.4. The van der Waals surface area contributed by atoms with Gasteiger partial charge in [0.25, 0.3) is 0 Å². The van der Waals surface area contributed by atoms with Gasteiger partial charge >= 0.3 is 6.09 Å². The van der Waals surface area contributed by atoms with Crippen LogP contribution in [0.2, 0.25) is 0 Å². The molecule has 0 bridgehead atoms. The maximum absolute atomic E-state index is 11.4. The molecule has 1 aromatic rings. The van der Waals surface area contributed by atoms with Gasteiger partial charge in [-0.3, -0.25) is 0 Å². The Hall–Kier alpha value is -2.06. The summed E-state index contributed by atoms with van der Waals surface area (Å²) in [6.07, 6.45) is 6.39. The number of rotatable bonds is 3. The van der Waals surface area contributed by atoms with Crippen molar-refractivity contribution in [3.8, 4) is 6.07 Å². The van der Waals surface area contributed by atoms with Gasteiger partial charge in [0, 0.05) is 24.0 Å². The van der Waals surface area contributed by atoms with Gasteiger partial charge < -0.3 is 14.9 Å². The summed E-state index contributed by atoms with van der Waals surface area (Å²) < 4.78 is 0. The molecule has 0 radical (unpaired) electrons. The molecule has 1 saturated carbocycles. The van der Waals surface area contributed by atoms with Crippen molar-refractivity contribution >= 4 is 6.09 Å². The van der Waals surface area contributed by atoms with Crippen LogP contribution in [-0.2, 0) is 5.41 Å². The third-order valence-electron chi connectivity index (χ3n) is 7.86. The van der Waals surface area contributed by atoms with Gasteiger partial charge in [0.05, 0.1) is 11.5 Å². The quantitative estimate of drug-likeness (QED) is 0.850. The van der Waals surface area contributed by atoms with E-state index >= 15 is 0 Å². The molecule has 3 fully saturated rings. The predicted molar refractivity (Wildman–Crippen MR) is 108 cm³/mol. The Morgan fingerprint density at radius 3 is 2.36 bits per heavy atom. The summed E-state index contributed by atoms with van der Waals surface area (Å²) in [4.78, 5) is 15.6. The van der Waals surface area contributed by atoms with Crippen molar-refractivity contribution in [1.29, 1.82) is 5.26 Å². The molecule has 2 aliphatic heterocycles. The zero-order chi connectivity index (χ0) is 19.8. The Bertz CT molecular complexity index is 741. The average molecular weight is 382 g/mol. The predicted octanol–water partition coefficient (Wildman–Crippen LogP) is 4.24. The van der Waals surface area contributed by atoms with Gasteiger partial charge in [-0.2, -0.15) is 5.26 Å². The van der Waals surface area contributed by atoms with Crippen LogP contribution in [0.4, 0.5) is 4.79 Å².